The lowest BCUT2D eigenvalue weighted by atomic mass is 9.65. The van der Waals surface area contributed by atoms with E-state index in [1.54, 1.807) is 24.3 Å². The van der Waals surface area contributed by atoms with Crippen LogP contribution in [0.15, 0.2) is 97.1 Å². The maximum atomic E-state index is 13.2. The molecule has 2 unspecified atom stereocenters. The zero-order valence-corrected chi connectivity index (χ0v) is 30.0. The maximum Gasteiger partial charge on any atom is 0.261 e. The molecule has 2 amide bonds. The molecule has 4 aromatic rings. The number of nitrogens with zero attached hydrogens (tertiary/aromatic N) is 2. The number of ether oxygens (including phenoxy) is 2. The Morgan fingerprint density at radius 1 is 0.765 bits per heavy atom. The Hall–Kier alpha value is -4.14. The van der Waals surface area contributed by atoms with Gasteiger partial charge in [-0.05, 0) is 70.0 Å². The fourth-order valence-corrected chi connectivity index (χ4v) is 9.66. The summed E-state index contributed by atoms with van der Waals surface area (Å²) in [6.07, 6.45) is 2.97. The van der Waals surface area contributed by atoms with E-state index in [-0.39, 0.29) is 43.1 Å². The molecule has 2 saturated heterocycles. The maximum absolute atomic E-state index is 13.2. The van der Waals surface area contributed by atoms with Gasteiger partial charge in [0.2, 0.25) is 0 Å². The zero-order chi connectivity index (χ0) is 35.5. The Kier molecular flexibility index (Phi) is 8.74. The van der Waals surface area contributed by atoms with Crippen molar-refractivity contribution in [1.29, 1.82) is 0 Å². The average molecular weight is 685 g/mol. The minimum atomic E-state index is -0.551. The number of hydrogen-bond acceptors (Lipinski definition) is 6. The summed E-state index contributed by atoms with van der Waals surface area (Å²) >= 11 is 0. The van der Waals surface area contributed by atoms with Crippen LogP contribution in [0.1, 0.15) is 102 Å². The fourth-order valence-electron chi connectivity index (χ4n) is 9.66. The van der Waals surface area contributed by atoms with Crippen LogP contribution >= 0.6 is 0 Å². The molecule has 8 rings (SSSR count). The average Bonchev–Trinajstić information content (AvgIpc) is 3.51. The van der Waals surface area contributed by atoms with Gasteiger partial charge in [-0.25, -0.2) is 0 Å². The van der Waals surface area contributed by atoms with E-state index in [2.05, 4.69) is 69.0 Å². The van der Waals surface area contributed by atoms with E-state index in [1.807, 2.05) is 36.4 Å². The molecule has 0 radical (unpaired) electrons. The summed E-state index contributed by atoms with van der Waals surface area (Å²) in [5.41, 5.74) is 7.37. The van der Waals surface area contributed by atoms with Crippen molar-refractivity contribution < 1.29 is 24.2 Å². The van der Waals surface area contributed by atoms with Gasteiger partial charge in [0.05, 0.1) is 36.5 Å². The van der Waals surface area contributed by atoms with Crippen LogP contribution < -0.4 is 0 Å². The number of rotatable bonds is 8. The molecular formula is C44H48N2O5. The van der Waals surface area contributed by atoms with Crippen molar-refractivity contribution in [2.75, 3.05) is 13.1 Å². The number of benzene rings is 4. The summed E-state index contributed by atoms with van der Waals surface area (Å²) in [6.45, 7) is 11.7. The molecule has 0 spiro atoms. The number of carbonyl (C=O) groups is 2. The second kappa shape index (κ2) is 13.1. The number of hydrogen-bond donors (Lipinski definition) is 1. The predicted octanol–water partition coefficient (Wildman–Crippen LogP) is 8.33. The SMILES string of the molecule is C[C@@H]1[C@H](CN2CC3(C)CC2CC(C)(C)C3)O[C@H](c2ccc(-c3ccccc3CN3C(=O)c4ccccc4C3=O)cc2)O[C@@H]1c1ccc(CO)cc1. The van der Waals surface area contributed by atoms with Crippen molar-refractivity contribution in [2.45, 2.75) is 84.6 Å². The third-order valence-corrected chi connectivity index (χ3v) is 11.8. The van der Waals surface area contributed by atoms with E-state index in [1.165, 1.54) is 24.2 Å². The van der Waals surface area contributed by atoms with Crippen molar-refractivity contribution in [2.24, 2.45) is 16.7 Å². The van der Waals surface area contributed by atoms with Crippen LogP contribution in [0.5, 0.6) is 0 Å². The van der Waals surface area contributed by atoms with E-state index in [4.69, 9.17) is 9.47 Å². The van der Waals surface area contributed by atoms with Gasteiger partial charge in [0.25, 0.3) is 11.8 Å². The van der Waals surface area contributed by atoms with Crippen molar-refractivity contribution in [3.05, 3.63) is 130 Å². The van der Waals surface area contributed by atoms with E-state index in [9.17, 15) is 14.7 Å². The molecule has 1 aliphatic carbocycles. The molecule has 4 aliphatic rings. The first kappa shape index (κ1) is 34.0. The molecule has 6 atom stereocenters. The number of imide groups is 1. The van der Waals surface area contributed by atoms with Gasteiger partial charge in [0.15, 0.2) is 6.29 Å². The summed E-state index contributed by atoms with van der Waals surface area (Å²) in [7, 11) is 0. The van der Waals surface area contributed by atoms with Gasteiger partial charge in [-0.2, -0.15) is 0 Å². The van der Waals surface area contributed by atoms with Crippen molar-refractivity contribution in [3.63, 3.8) is 0 Å². The Balaban J connectivity index is 1.05. The smallest absolute Gasteiger partial charge is 0.261 e. The summed E-state index contributed by atoms with van der Waals surface area (Å²) in [5, 5.41) is 9.68. The largest absolute Gasteiger partial charge is 0.392 e. The monoisotopic (exact) mass is 684 g/mol. The highest BCUT2D eigenvalue weighted by Crippen LogP contribution is 2.53. The minimum absolute atomic E-state index is 0.00889. The second-order valence-corrected chi connectivity index (χ2v) is 16.5. The zero-order valence-electron chi connectivity index (χ0n) is 30.0. The first-order chi connectivity index (χ1) is 24.5. The number of aliphatic hydroxyl groups excluding tert-OH is 1. The quantitative estimate of drug-likeness (QED) is 0.188. The molecule has 1 saturated carbocycles. The van der Waals surface area contributed by atoms with Gasteiger partial charge >= 0.3 is 0 Å². The molecule has 3 aliphatic heterocycles. The first-order valence-electron chi connectivity index (χ1n) is 18.4. The van der Waals surface area contributed by atoms with E-state index in [0.717, 1.165) is 46.5 Å². The van der Waals surface area contributed by atoms with Crippen molar-refractivity contribution >= 4 is 11.8 Å². The fraction of sp³-hybridized carbons (Fsp3) is 0.409. The van der Waals surface area contributed by atoms with Gasteiger partial charge in [0.1, 0.15) is 0 Å². The number of aliphatic hydroxyl groups is 1. The van der Waals surface area contributed by atoms with Gasteiger partial charge in [-0.3, -0.25) is 19.4 Å². The van der Waals surface area contributed by atoms with E-state index in [0.29, 0.717) is 28.0 Å². The van der Waals surface area contributed by atoms with Crippen LogP contribution in [-0.4, -0.2) is 52.0 Å². The molecule has 0 aromatic heterocycles. The van der Waals surface area contributed by atoms with Crippen molar-refractivity contribution in [1.82, 2.24) is 9.80 Å². The predicted molar refractivity (Wildman–Crippen MR) is 197 cm³/mol. The van der Waals surface area contributed by atoms with Crippen LogP contribution in [0.2, 0.25) is 0 Å². The second-order valence-electron chi connectivity index (χ2n) is 16.5. The number of amides is 2. The van der Waals surface area contributed by atoms with Crippen molar-refractivity contribution in [3.8, 4) is 11.1 Å². The van der Waals surface area contributed by atoms with Crippen LogP contribution in [0, 0.1) is 16.7 Å². The van der Waals surface area contributed by atoms with Gasteiger partial charge in [0, 0.05) is 30.6 Å². The van der Waals surface area contributed by atoms with Crippen LogP contribution in [0.4, 0.5) is 0 Å². The summed E-state index contributed by atoms with van der Waals surface area (Å²) < 4.78 is 13.7. The molecule has 3 fully saturated rings. The van der Waals surface area contributed by atoms with E-state index < -0.39 is 6.29 Å². The standard InChI is InChI=1S/C44H48N2O5/c1-28-38(24-45-27-44(4)22-34(45)21-43(2,3)26-44)50-42(51-39(28)31-15-13-29(25-47)14-16-31)32-19-17-30(18-20-32)35-10-6-5-9-33(35)23-46-40(48)36-11-7-8-12-37(36)41(46)49/h5-20,28,34,38-39,42,47H,21-27H2,1-4H3/t28-,34?,38+,39+,42+,44?/m1/s1. The number of fused-ring (bicyclic) bond motifs is 3. The molecule has 1 N–H and O–H groups in total. The van der Waals surface area contributed by atoms with E-state index >= 15 is 0 Å². The van der Waals surface area contributed by atoms with Gasteiger partial charge in [-0.15, -0.1) is 0 Å². The topological polar surface area (TPSA) is 79.3 Å². The highest BCUT2D eigenvalue weighted by atomic mass is 16.7. The van der Waals surface area contributed by atoms with Gasteiger partial charge in [-0.1, -0.05) is 113 Å². The highest BCUT2D eigenvalue weighted by Gasteiger charge is 2.51. The van der Waals surface area contributed by atoms with Crippen LogP contribution in [0.3, 0.4) is 0 Å². The first-order valence-corrected chi connectivity index (χ1v) is 18.4. The lowest BCUT2D eigenvalue weighted by molar-refractivity contribution is -0.276. The Morgan fingerprint density at radius 2 is 1.39 bits per heavy atom. The lowest BCUT2D eigenvalue weighted by Gasteiger charge is -2.43. The Morgan fingerprint density at radius 3 is 2.06 bits per heavy atom. The minimum Gasteiger partial charge on any atom is -0.392 e. The molecule has 264 valence electrons. The van der Waals surface area contributed by atoms with Crippen LogP contribution in [0.25, 0.3) is 11.1 Å². The highest BCUT2D eigenvalue weighted by molar-refractivity contribution is 6.21. The molecule has 4 aromatic carbocycles. The molecule has 51 heavy (non-hydrogen) atoms. The Labute approximate surface area is 301 Å². The summed E-state index contributed by atoms with van der Waals surface area (Å²) in [5.74, 6) is -0.394. The molecule has 2 bridgehead atoms. The Bertz CT molecular complexity index is 1900. The number of carbonyl (C=O) groups excluding carboxylic acids is 2. The normalized spacial score (nSPS) is 28.6. The van der Waals surface area contributed by atoms with Crippen LogP contribution in [-0.2, 0) is 22.6 Å². The molecule has 7 heteroatoms. The lowest BCUT2D eigenvalue weighted by Crippen LogP contribution is -2.46. The summed E-state index contributed by atoms with van der Waals surface area (Å²) in [6, 6.07) is 31.9. The summed E-state index contributed by atoms with van der Waals surface area (Å²) in [4.78, 5) is 30.4. The third kappa shape index (κ3) is 6.46. The molecule has 7 nitrogen and oxygen atoms in total. The molecule has 3 heterocycles. The van der Waals surface area contributed by atoms with Gasteiger partial charge < -0.3 is 14.6 Å². The molecular weight excluding hydrogens is 636 g/mol. The number of likely N-dealkylation sites (tertiary alicyclic amines) is 1. The third-order valence-electron chi connectivity index (χ3n) is 11.8.